The van der Waals surface area contributed by atoms with Gasteiger partial charge in [0.25, 0.3) is 0 Å². The Balaban J connectivity index is 0. The fourth-order valence-electron chi connectivity index (χ4n) is 0.410. The van der Waals surface area contributed by atoms with Crippen molar-refractivity contribution in [3.8, 4) is 0 Å². The van der Waals surface area contributed by atoms with E-state index in [-0.39, 0.29) is 35.6 Å². The van der Waals surface area contributed by atoms with Gasteiger partial charge in [0, 0.05) is 6.61 Å². The molecule has 0 saturated carbocycles. The number of hydrogen-bond acceptors (Lipinski definition) is 4. The van der Waals surface area contributed by atoms with Crippen molar-refractivity contribution in [1.82, 2.24) is 0 Å². The summed E-state index contributed by atoms with van der Waals surface area (Å²) in [5.74, 6) is 0. The summed E-state index contributed by atoms with van der Waals surface area (Å²) in [6, 6.07) is 0. The Morgan fingerprint density at radius 2 is 1.82 bits per heavy atom. The third-order valence-corrected chi connectivity index (χ3v) is 0.774. The first-order chi connectivity index (χ1) is 4.91. The van der Waals surface area contributed by atoms with Crippen LogP contribution >= 0.6 is 0 Å². The smallest absolute Gasteiger partial charge is 0.548 e. The van der Waals surface area contributed by atoms with Crippen molar-refractivity contribution in [1.29, 1.82) is 0 Å². The molecule has 0 unspecified atom stereocenters. The second-order valence-corrected chi connectivity index (χ2v) is 1.56. The molecule has 0 aromatic heterocycles. The van der Waals surface area contributed by atoms with E-state index in [1.54, 1.807) is 0 Å². The van der Waals surface area contributed by atoms with Gasteiger partial charge in [0.1, 0.15) is 0 Å². The average Bonchev–Trinajstić information content (AvgIpc) is 1.97. The van der Waals surface area contributed by atoms with Gasteiger partial charge in [-0.05, 0) is 0 Å². The van der Waals surface area contributed by atoms with Gasteiger partial charge in [0.15, 0.2) is 0 Å². The Bertz CT molecular complexity index is 54.5. The second-order valence-electron chi connectivity index (χ2n) is 1.56. The van der Waals surface area contributed by atoms with E-state index in [0.717, 1.165) is 0 Å². The van der Waals surface area contributed by atoms with Crippen molar-refractivity contribution >= 4 is 0 Å². The molecule has 0 aliphatic carbocycles. The van der Waals surface area contributed by atoms with Crippen LogP contribution in [0.25, 0.3) is 0 Å². The minimum absolute atomic E-state index is 0. The van der Waals surface area contributed by atoms with Crippen molar-refractivity contribution in [3.63, 3.8) is 0 Å². The first-order valence-electron chi connectivity index (χ1n) is 3.14. The largest absolute Gasteiger partial charge is 1.00 e. The van der Waals surface area contributed by atoms with Crippen LogP contribution in [0.5, 0.6) is 0 Å². The molecule has 0 aliphatic heterocycles. The van der Waals surface area contributed by atoms with E-state index < -0.39 is 0 Å². The van der Waals surface area contributed by atoms with Crippen LogP contribution in [0.1, 0.15) is 0 Å². The summed E-state index contributed by atoms with van der Waals surface area (Å²) in [6.45, 7) is 2.44. The minimum Gasteiger partial charge on any atom is -0.548 e. The van der Waals surface area contributed by atoms with E-state index in [0.29, 0.717) is 19.8 Å². The Hall–Kier alpha value is 0.580. The van der Waals surface area contributed by atoms with Gasteiger partial charge in [-0.1, -0.05) is 6.61 Å². The van der Waals surface area contributed by atoms with Gasteiger partial charge in [0.05, 0.1) is 19.8 Å². The van der Waals surface area contributed by atoms with Gasteiger partial charge >= 0.3 is 22.4 Å². The maximum absolute atomic E-state index is 8.26. The second kappa shape index (κ2) is 13.2. The van der Waals surface area contributed by atoms with Crippen LogP contribution in [-0.4, -0.2) is 43.2 Å². The standard InChI is InChI=1S/C6H13O4.Au/c7-1-3-9-5-6-10-4-2-8;/h3,7-8H,1-2,4-6H2;/q-1;+1. The van der Waals surface area contributed by atoms with Gasteiger partial charge in [-0.25, -0.2) is 0 Å². The SMILES string of the molecule is OC[CH-]OCCOCCO.[Au+]. The topological polar surface area (TPSA) is 58.9 Å². The third kappa shape index (κ3) is 13.6. The van der Waals surface area contributed by atoms with Crippen molar-refractivity contribution in [3.05, 3.63) is 6.61 Å². The monoisotopic (exact) mass is 346 g/mol. The number of hydrogen-bond donors (Lipinski definition) is 2. The van der Waals surface area contributed by atoms with Gasteiger partial charge < -0.3 is 19.7 Å². The molecule has 0 amide bonds. The predicted octanol–water partition coefficient (Wildman–Crippen LogP) is -0.837. The van der Waals surface area contributed by atoms with Crippen molar-refractivity contribution in [2.45, 2.75) is 0 Å². The molecule has 0 fully saturated rings. The van der Waals surface area contributed by atoms with E-state index in [4.69, 9.17) is 19.7 Å². The van der Waals surface area contributed by atoms with E-state index in [1.807, 2.05) is 0 Å². The summed E-state index contributed by atoms with van der Waals surface area (Å²) in [5, 5.41) is 16.5. The summed E-state index contributed by atoms with van der Waals surface area (Å²) in [5.41, 5.74) is 0. The molecule has 4 nitrogen and oxygen atoms in total. The van der Waals surface area contributed by atoms with Gasteiger partial charge in [-0.2, -0.15) is 6.61 Å². The van der Waals surface area contributed by atoms with Gasteiger partial charge in [0.2, 0.25) is 0 Å². The third-order valence-electron chi connectivity index (χ3n) is 0.774. The summed E-state index contributed by atoms with van der Waals surface area (Å²) in [6.07, 6.45) is 0. The molecule has 0 saturated heterocycles. The van der Waals surface area contributed by atoms with E-state index in [1.165, 1.54) is 6.61 Å². The van der Waals surface area contributed by atoms with Crippen molar-refractivity contribution in [2.24, 2.45) is 0 Å². The zero-order valence-electron chi connectivity index (χ0n) is 6.13. The fourth-order valence-corrected chi connectivity index (χ4v) is 0.410. The zero-order valence-corrected chi connectivity index (χ0v) is 8.29. The van der Waals surface area contributed by atoms with Crippen LogP contribution in [0.15, 0.2) is 0 Å². The maximum atomic E-state index is 8.26. The molecule has 5 heteroatoms. The molecular formula is C6H13AuO4. The normalized spacial score (nSPS) is 9.27. The Kier molecular flexibility index (Phi) is 16.9. The summed E-state index contributed by atoms with van der Waals surface area (Å²) >= 11 is 0. The molecule has 0 rings (SSSR count). The van der Waals surface area contributed by atoms with Crippen LogP contribution in [0.2, 0.25) is 0 Å². The molecule has 0 atom stereocenters. The van der Waals surface area contributed by atoms with Crippen LogP contribution in [0, 0.1) is 6.61 Å². The molecule has 0 heterocycles. The van der Waals surface area contributed by atoms with Crippen LogP contribution in [0.4, 0.5) is 0 Å². The molecule has 0 spiro atoms. The molecule has 72 valence electrons. The van der Waals surface area contributed by atoms with Gasteiger partial charge in [-0.3, -0.25) is 0 Å². The molecule has 0 aliphatic rings. The summed E-state index contributed by atoms with van der Waals surface area (Å²) in [4.78, 5) is 0. The number of rotatable bonds is 7. The molecule has 0 aromatic carbocycles. The number of aliphatic hydroxyl groups excluding tert-OH is 2. The first kappa shape index (κ1) is 14.1. The van der Waals surface area contributed by atoms with Crippen molar-refractivity contribution in [2.75, 3.05) is 33.0 Å². The Morgan fingerprint density at radius 3 is 2.36 bits per heavy atom. The average molecular weight is 346 g/mol. The Labute approximate surface area is 82.0 Å². The summed E-state index contributed by atoms with van der Waals surface area (Å²) < 4.78 is 9.60. The molecule has 0 radical (unpaired) electrons. The molecule has 0 bridgehead atoms. The Morgan fingerprint density at radius 1 is 1.09 bits per heavy atom. The van der Waals surface area contributed by atoms with Crippen LogP contribution in [-0.2, 0) is 31.9 Å². The maximum Gasteiger partial charge on any atom is 1.00 e. The van der Waals surface area contributed by atoms with Gasteiger partial charge in [-0.15, -0.1) is 0 Å². The van der Waals surface area contributed by atoms with E-state index >= 15 is 0 Å². The molecule has 11 heavy (non-hydrogen) atoms. The van der Waals surface area contributed by atoms with Crippen LogP contribution < -0.4 is 0 Å². The quantitative estimate of drug-likeness (QED) is 0.359. The predicted molar refractivity (Wildman–Crippen MR) is 35.2 cm³/mol. The summed E-state index contributed by atoms with van der Waals surface area (Å²) in [7, 11) is 0. The number of aliphatic hydroxyl groups is 2. The molecular weight excluding hydrogens is 333 g/mol. The fraction of sp³-hybridized carbons (Fsp3) is 0.833. The first-order valence-corrected chi connectivity index (χ1v) is 3.14. The van der Waals surface area contributed by atoms with E-state index in [9.17, 15) is 0 Å². The molecule has 2 N–H and O–H groups in total. The van der Waals surface area contributed by atoms with E-state index in [2.05, 4.69) is 0 Å². The number of ether oxygens (including phenoxy) is 2. The van der Waals surface area contributed by atoms with Crippen molar-refractivity contribution < 1.29 is 42.1 Å². The van der Waals surface area contributed by atoms with Crippen LogP contribution in [0.3, 0.4) is 0 Å². The molecule has 0 aromatic rings. The zero-order chi connectivity index (χ0) is 7.66. The minimum atomic E-state index is -0.0833.